The zero-order chi connectivity index (χ0) is 16.6. The van der Waals surface area contributed by atoms with Crippen molar-refractivity contribution in [3.63, 3.8) is 0 Å². The van der Waals surface area contributed by atoms with Crippen LogP contribution in [-0.2, 0) is 4.79 Å². The molecule has 0 bridgehead atoms. The van der Waals surface area contributed by atoms with Gasteiger partial charge in [0, 0.05) is 19.6 Å². The summed E-state index contributed by atoms with van der Waals surface area (Å²) in [5.41, 5.74) is 5.14. The second-order valence-corrected chi connectivity index (χ2v) is 5.18. The summed E-state index contributed by atoms with van der Waals surface area (Å²) in [6.45, 7) is 4.65. The summed E-state index contributed by atoms with van der Waals surface area (Å²) in [5.74, 6) is -1.17. The van der Waals surface area contributed by atoms with Crippen LogP contribution >= 0.6 is 0 Å². The van der Waals surface area contributed by atoms with E-state index in [1.54, 1.807) is 6.07 Å². The lowest BCUT2D eigenvalue weighted by Crippen LogP contribution is -2.47. The first-order valence-corrected chi connectivity index (χ1v) is 7.51. The number of hydrogen-bond donors (Lipinski definition) is 3. The molecule has 22 heavy (non-hydrogen) atoms. The molecule has 0 saturated carbocycles. The fourth-order valence-corrected chi connectivity index (χ4v) is 2.23. The molecule has 0 unspecified atom stereocenters. The minimum Gasteiger partial charge on any atom is -0.354 e. The van der Waals surface area contributed by atoms with E-state index < -0.39 is 17.1 Å². The molecule has 0 fully saturated rings. The minimum absolute atomic E-state index is 0.00718. The van der Waals surface area contributed by atoms with Gasteiger partial charge in [-0.2, -0.15) is 0 Å². The molecule has 122 valence electrons. The van der Waals surface area contributed by atoms with Crippen LogP contribution in [0.5, 0.6) is 0 Å². The summed E-state index contributed by atoms with van der Waals surface area (Å²) in [5, 5.41) is 5.35. The van der Waals surface area contributed by atoms with E-state index in [0.29, 0.717) is 12.8 Å². The summed E-state index contributed by atoms with van der Waals surface area (Å²) in [6, 6.07) is 5.76. The third-order valence-corrected chi connectivity index (χ3v) is 4.04. The maximum Gasteiger partial charge on any atom is 0.254 e. The molecule has 1 aromatic carbocycles. The zero-order valence-corrected chi connectivity index (χ0v) is 13.1. The van der Waals surface area contributed by atoms with E-state index in [4.69, 9.17) is 5.73 Å². The van der Waals surface area contributed by atoms with Gasteiger partial charge >= 0.3 is 0 Å². The molecule has 2 amide bonds. The van der Waals surface area contributed by atoms with Gasteiger partial charge in [-0.3, -0.25) is 9.59 Å². The molecule has 0 saturated heterocycles. The van der Waals surface area contributed by atoms with Crippen molar-refractivity contribution in [2.24, 2.45) is 11.1 Å². The van der Waals surface area contributed by atoms with Gasteiger partial charge in [-0.15, -0.1) is 0 Å². The molecule has 5 nitrogen and oxygen atoms in total. The SMILES string of the molecule is CCC(CC)(CN)C(=O)NCCNC(=O)c1ccccc1F. The van der Waals surface area contributed by atoms with Crippen LogP contribution in [0, 0.1) is 11.2 Å². The van der Waals surface area contributed by atoms with E-state index in [1.807, 2.05) is 13.8 Å². The van der Waals surface area contributed by atoms with E-state index in [1.165, 1.54) is 18.2 Å². The minimum atomic E-state index is -0.567. The molecule has 4 N–H and O–H groups in total. The molecule has 0 heterocycles. The van der Waals surface area contributed by atoms with Crippen LogP contribution in [0.15, 0.2) is 24.3 Å². The number of carbonyl (C=O) groups is 2. The van der Waals surface area contributed by atoms with Crippen LogP contribution in [0.25, 0.3) is 0 Å². The van der Waals surface area contributed by atoms with Crippen LogP contribution in [0.2, 0.25) is 0 Å². The number of halogens is 1. The Morgan fingerprint density at radius 2 is 1.73 bits per heavy atom. The van der Waals surface area contributed by atoms with Gasteiger partial charge in [0.15, 0.2) is 0 Å². The van der Waals surface area contributed by atoms with Crippen molar-refractivity contribution in [1.29, 1.82) is 0 Å². The quantitative estimate of drug-likeness (QED) is 0.635. The molecule has 1 rings (SSSR count). The summed E-state index contributed by atoms with van der Waals surface area (Å²) in [4.78, 5) is 24.0. The van der Waals surface area contributed by atoms with Crippen molar-refractivity contribution >= 4 is 11.8 Å². The van der Waals surface area contributed by atoms with Crippen LogP contribution in [0.1, 0.15) is 37.0 Å². The van der Waals surface area contributed by atoms with Crippen molar-refractivity contribution in [1.82, 2.24) is 10.6 Å². The molecule has 6 heteroatoms. The number of nitrogens with two attached hydrogens (primary N) is 1. The lowest BCUT2D eigenvalue weighted by atomic mass is 9.81. The lowest BCUT2D eigenvalue weighted by Gasteiger charge is -2.28. The Balaban J connectivity index is 2.44. The Hall–Kier alpha value is -1.95. The van der Waals surface area contributed by atoms with Gasteiger partial charge in [0.2, 0.25) is 5.91 Å². The molecule has 0 atom stereocenters. The standard InChI is InChI=1S/C16H24FN3O2/c1-3-16(4-2,11-18)15(22)20-10-9-19-14(21)12-7-5-6-8-13(12)17/h5-8H,3-4,9-11,18H2,1-2H3,(H,19,21)(H,20,22). The van der Waals surface area contributed by atoms with Gasteiger partial charge in [-0.05, 0) is 25.0 Å². The molecule has 0 radical (unpaired) electrons. The molecular weight excluding hydrogens is 285 g/mol. The van der Waals surface area contributed by atoms with Crippen molar-refractivity contribution in [2.75, 3.05) is 19.6 Å². The van der Waals surface area contributed by atoms with E-state index >= 15 is 0 Å². The zero-order valence-electron chi connectivity index (χ0n) is 13.1. The average molecular weight is 309 g/mol. The Kier molecular flexibility index (Phi) is 6.98. The molecule has 0 aromatic heterocycles. The monoisotopic (exact) mass is 309 g/mol. The first-order chi connectivity index (χ1) is 10.5. The van der Waals surface area contributed by atoms with Gasteiger partial charge in [0.25, 0.3) is 5.91 Å². The number of hydrogen-bond acceptors (Lipinski definition) is 3. The molecular formula is C16H24FN3O2. The van der Waals surface area contributed by atoms with Crippen molar-refractivity contribution in [3.8, 4) is 0 Å². The summed E-state index contributed by atoms with van der Waals surface area (Å²) >= 11 is 0. The summed E-state index contributed by atoms with van der Waals surface area (Å²) in [7, 11) is 0. The van der Waals surface area contributed by atoms with Gasteiger partial charge in [-0.25, -0.2) is 4.39 Å². The first kappa shape index (κ1) is 18.1. The fourth-order valence-electron chi connectivity index (χ4n) is 2.23. The largest absolute Gasteiger partial charge is 0.354 e. The summed E-state index contributed by atoms with van der Waals surface area (Å²) < 4.78 is 13.4. The van der Waals surface area contributed by atoms with E-state index in [-0.39, 0.29) is 31.1 Å². The predicted octanol–water partition coefficient (Wildman–Crippen LogP) is 1.44. The second-order valence-electron chi connectivity index (χ2n) is 5.18. The van der Waals surface area contributed by atoms with Crippen LogP contribution < -0.4 is 16.4 Å². The average Bonchev–Trinajstić information content (AvgIpc) is 2.54. The highest BCUT2D eigenvalue weighted by Crippen LogP contribution is 2.24. The highest BCUT2D eigenvalue weighted by atomic mass is 19.1. The van der Waals surface area contributed by atoms with E-state index in [2.05, 4.69) is 10.6 Å². The Morgan fingerprint density at radius 3 is 2.27 bits per heavy atom. The van der Waals surface area contributed by atoms with Crippen molar-refractivity contribution in [3.05, 3.63) is 35.6 Å². The van der Waals surface area contributed by atoms with Gasteiger partial charge in [-0.1, -0.05) is 26.0 Å². The van der Waals surface area contributed by atoms with E-state index in [0.717, 1.165) is 0 Å². The third-order valence-electron chi connectivity index (χ3n) is 4.04. The molecule has 0 aliphatic carbocycles. The first-order valence-electron chi connectivity index (χ1n) is 7.51. The maximum atomic E-state index is 13.4. The Morgan fingerprint density at radius 1 is 1.14 bits per heavy atom. The Bertz CT molecular complexity index is 508. The second kappa shape index (κ2) is 8.48. The van der Waals surface area contributed by atoms with Gasteiger partial charge in [0.05, 0.1) is 11.0 Å². The highest BCUT2D eigenvalue weighted by molar-refractivity contribution is 5.94. The molecule has 0 spiro atoms. The van der Waals surface area contributed by atoms with Crippen molar-refractivity contribution < 1.29 is 14.0 Å². The maximum absolute atomic E-state index is 13.4. The predicted molar refractivity (Wildman–Crippen MR) is 83.8 cm³/mol. The molecule has 0 aliphatic rings. The summed E-state index contributed by atoms with van der Waals surface area (Å²) in [6.07, 6.45) is 1.32. The smallest absolute Gasteiger partial charge is 0.254 e. The van der Waals surface area contributed by atoms with Crippen LogP contribution in [0.3, 0.4) is 0 Å². The van der Waals surface area contributed by atoms with Crippen LogP contribution in [0.4, 0.5) is 4.39 Å². The van der Waals surface area contributed by atoms with E-state index in [9.17, 15) is 14.0 Å². The number of benzene rings is 1. The highest BCUT2D eigenvalue weighted by Gasteiger charge is 2.32. The van der Waals surface area contributed by atoms with Crippen molar-refractivity contribution in [2.45, 2.75) is 26.7 Å². The number of rotatable bonds is 8. The van der Waals surface area contributed by atoms with Crippen LogP contribution in [-0.4, -0.2) is 31.4 Å². The number of amides is 2. The van der Waals surface area contributed by atoms with Gasteiger partial charge in [0.1, 0.15) is 5.82 Å². The molecule has 0 aliphatic heterocycles. The van der Waals surface area contributed by atoms with Gasteiger partial charge < -0.3 is 16.4 Å². The number of nitrogens with one attached hydrogen (secondary N) is 2. The third kappa shape index (κ3) is 4.27. The fraction of sp³-hybridized carbons (Fsp3) is 0.500. The number of carbonyl (C=O) groups excluding carboxylic acids is 2. The topological polar surface area (TPSA) is 84.2 Å². The molecule has 1 aromatic rings. The Labute approximate surface area is 130 Å². The normalized spacial score (nSPS) is 11.1. The lowest BCUT2D eigenvalue weighted by molar-refractivity contribution is -0.130.